The van der Waals surface area contributed by atoms with Crippen molar-refractivity contribution in [2.45, 2.75) is 57.8 Å². The minimum Gasteiger partial charge on any atom is -0.497 e. The van der Waals surface area contributed by atoms with Crippen molar-refractivity contribution < 1.29 is 23.5 Å². The maximum absolute atomic E-state index is 14.2. The van der Waals surface area contributed by atoms with Crippen LogP contribution in [0.5, 0.6) is 5.75 Å². The summed E-state index contributed by atoms with van der Waals surface area (Å²) >= 11 is 1.34. The summed E-state index contributed by atoms with van der Waals surface area (Å²) in [6.45, 7) is 4.18. The van der Waals surface area contributed by atoms with Gasteiger partial charge in [-0.1, -0.05) is 37.3 Å². The molecule has 3 heterocycles. The van der Waals surface area contributed by atoms with E-state index in [0.717, 1.165) is 11.4 Å². The van der Waals surface area contributed by atoms with Gasteiger partial charge in [0, 0.05) is 6.42 Å². The van der Waals surface area contributed by atoms with Gasteiger partial charge in [-0.15, -0.1) is 10.2 Å². The second-order valence-electron chi connectivity index (χ2n) is 9.21. The number of hydrogen-bond acceptors (Lipinski definition) is 7. The van der Waals surface area contributed by atoms with Gasteiger partial charge in [0.15, 0.2) is 11.5 Å². The number of carbonyl (C=O) groups is 2. The molecule has 9 heteroatoms. The largest absolute Gasteiger partial charge is 0.497 e. The number of rotatable bonds is 5. The monoisotopic (exact) mass is 471 g/mol. The number of alkyl halides is 1. The number of benzene rings is 1. The lowest BCUT2D eigenvalue weighted by molar-refractivity contribution is -0.133. The second-order valence-corrected chi connectivity index (χ2v) is 10.3. The van der Waals surface area contributed by atoms with E-state index in [2.05, 4.69) is 24.0 Å². The predicted molar refractivity (Wildman–Crippen MR) is 121 cm³/mol. The standard InChI is InChI=1S/C24H26FN3O4S/c1-12(2)9-18-26-27-24(33-18)28-20(13-5-4-6-15(10-13)31-3)19-21(29)16-11-14(25)7-8-17(16)32-22(19)23(28)30/h4-6,10,12,14,16-17,20H,7-9,11H2,1-3H3. The Labute approximate surface area is 195 Å². The quantitative estimate of drug-likeness (QED) is 0.650. The summed E-state index contributed by atoms with van der Waals surface area (Å²) in [6, 6.07) is 6.54. The molecule has 1 amide bonds. The number of halogens is 1. The van der Waals surface area contributed by atoms with Gasteiger partial charge in [-0.3, -0.25) is 14.5 Å². The van der Waals surface area contributed by atoms with Crippen molar-refractivity contribution in [3.05, 3.63) is 46.2 Å². The smallest absolute Gasteiger partial charge is 0.296 e. The number of ether oxygens (including phenoxy) is 2. The lowest BCUT2D eigenvalue weighted by atomic mass is 9.77. The van der Waals surface area contributed by atoms with Crippen LogP contribution in [0.1, 0.15) is 49.7 Å². The van der Waals surface area contributed by atoms with E-state index in [1.54, 1.807) is 19.2 Å². The molecule has 7 nitrogen and oxygen atoms in total. The van der Waals surface area contributed by atoms with Crippen LogP contribution in [0, 0.1) is 11.8 Å². The summed E-state index contributed by atoms with van der Waals surface area (Å²) < 4.78 is 25.7. The summed E-state index contributed by atoms with van der Waals surface area (Å²) in [5.41, 5.74) is 0.987. The molecule has 2 aliphatic heterocycles. The first-order valence-electron chi connectivity index (χ1n) is 11.3. The third-order valence-electron chi connectivity index (χ3n) is 6.44. The van der Waals surface area contributed by atoms with Crippen LogP contribution < -0.4 is 9.64 Å². The number of methoxy groups -OCH3 is 1. The molecule has 1 aromatic carbocycles. The normalized spacial score (nSPS) is 27.0. The van der Waals surface area contributed by atoms with Crippen molar-refractivity contribution in [3.63, 3.8) is 0 Å². The van der Waals surface area contributed by atoms with Crippen LogP contribution in [0.25, 0.3) is 0 Å². The molecule has 0 spiro atoms. The Morgan fingerprint density at radius 2 is 2.09 bits per heavy atom. The van der Waals surface area contributed by atoms with Crippen molar-refractivity contribution in [3.8, 4) is 5.75 Å². The Morgan fingerprint density at radius 3 is 2.85 bits per heavy atom. The molecule has 1 aromatic heterocycles. The van der Waals surface area contributed by atoms with Crippen LogP contribution in [0.2, 0.25) is 0 Å². The van der Waals surface area contributed by atoms with Gasteiger partial charge in [-0.25, -0.2) is 4.39 Å². The number of anilines is 1. The maximum atomic E-state index is 14.2. The van der Waals surface area contributed by atoms with Gasteiger partial charge in [-0.2, -0.15) is 0 Å². The van der Waals surface area contributed by atoms with E-state index in [1.165, 1.54) is 16.2 Å². The number of fused-ring (bicyclic) bond motifs is 1. The van der Waals surface area contributed by atoms with E-state index in [0.29, 0.717) is 35.2 Å². The number of Topliss-reactive ketones (excluding diaryl/α,β-unsaturated/α-hetero) is 1. The number of amides is 1. The third kappa shape index (κ3) is 3.82. The van der Waals surface area contributed by atoms with Crippen LogP contribution in [0.15, 0.2) is 35.6 Å². The summed E-state index contributed by atoms with van der Waals surface area (Å²) in [7, 11) is 1.56. The number of nitrogens with zero attached hydrogens (tertiary/aromatic N) is 3. The highest BCUT2D eigenvalue weighted by molar-refractivity contribution is 7.15. The van der Waals surface area contributed by atoms with Gasteiger partial charge in [0.1, 0.15) is 23.0 Å². The number of hydrogen-bond donors (Lipinski definition) is 0. The lowest BCUT2D eigenvalue weighted by Gasteiger charge is -2.36. The second kappa shape index (κ2) is 8.52. The zero-order chi connectivity index (χ0) is 23.3. The van der Waals surface area contributed by atoms with Crippen LogP contribution in [-0.4, -0.2) is 41.3 Å². The van der Waals surface area contributed by atoms with Gasteiger partial charge >= 0.3 is 0 Å². The topological polar surface area (TPSA) is 81.6 Å². The van der Waals surface area contributed by atoms with Crippen molar-refractivity contribution in [1.82, 2.24) is 10.2 Å². The summed E-state index contributed by atoms with van der Waals surface area (Å²) in [5.74, 6) is -0.137. The van der Waals surface area contributed by atoms with E-state index in [4.69, 9.17) is 9.47 Å². The number of aromatic nitrogens is 2. The van der Waals surface area contributed by atoms with Crippen LogP contribution in [-0.2, 0) is 20.7 Å². The summed E-state index contributed by atoms with van der Waals surface area (Å²) in [4.78, 5) is 28.8. The van der Waals surface area contributed by atoms with E-state index >= 15 is 0 Å². The van der Waals surface area contributed by atoms with Crippen LogP contribution in [0.4, 0.5) is 9.52 Å². The van der Waals surface area contributed by atoms with E-state index in [9.17, 15) is 14.0 Å². The van der Waals surface area contributed by atoms with E-state index in [1.807, 2.05) is 12.1 Å². The fourth-order valence-electron chi connectivity index (χ4n) is 4.91. The molecule has 4 atom stereocenters. The molecule has 0 saturated heterocycles. The van der Waals surface area contributed by atoms with Crippen LogP contribution >= 0.6 is 11.3 Å². The Bertz CT molecular complexity index is 1130. The molecule has 5 rings (SSSR count). The first-order valence-corrected chi connectivity index (χ1v) is 12.1. The van der Waals surface area contributed by atoms with Gasteiger partial charge < -0.3 is 9.47 Å². The fraction of sp³-hybridized carbons (Fsp3) is 0.500. The molecule has 4 unspecified atom stereocenters. The third-order valence-corrected chi connectivity index (χ3v) is 7.38. The summed E-state index contributed by atoms with van der Waals surface area (Å²) in [6.07, 6.45) is 0.117. The Kier molecular flexibility index (Phi) is 5.68. The molecular formula is C24H26FN3O4S. The number of ketones is 1. The molecule has 1 aliphatic carbocycles. The minimum atomic E-state index is -1.04. The highest BCUT2D eigenvalue weighted by atomic mass is 32.1. The summed E-state index contributed by atoms with van der Waals surface area (Å²) in [5, 5.41) is 9.81. The molecule has 33 heavy (non-hydrogen) atoms. The van der Waals surface area contributed by atoms with Gasteiger partial charge in [-0.05, 0) is 42.9 Å². The predicted octanol–water partition coefficient (Wildman–Crippen LogP) is 4.19. The Balaban J connectivity index is 1.60. The molecule has 1 saturated carbocycles. The molecule has 2 aromatic rings. The highest BCUT2D eigenvalue weighted by Crippen LogP contribution is 2.49. The van der Waals surface area contributed by atoms with Crippen LogP contribution in [0.3, 0.4) is 0 Å². The van der Waals surface area contributed by atoms with Crippen molar-refractivity contribution in [1.29, 1.82) is 0 Å². The molecule has 0 radical (unpaired) electrons. The molecule has 0 bridgehead atoms. The number of carbonyl (C=O) groups excluding carboxylic acids is 2. The van der Waals surface area contributed by atoms with Gasteiger partial charge in [0.2, 0.25) is 5.13 Å². The molecule has 174 valence electrons. The average molecular weight is 472 g/mol. The molecular weight excluding hydrogens is 445 g/mol. The molecule has 0 N–H and O–H groups in total. The van der Waals surface area contributed by atoms with Crippen molar-refractivity contribution >= 4 is 28.2 Å². The van der Waals surface area contributed by atoms with E-state index < -0.39 is 30.1 Å². The SMILES string of the molecule is COc1cccc(C2C3=C(OC4CCC(F)CC4C3=O)C(=O)N2c2nnc(CC(C)C)s2)c1. The van der Waals surface area contributed by atoms with Crippen molar-refractivity contribution in [2.24, 2.45) is 11.8 Å². The minimum absolute atomic E-state index is 0.0620. The Morgan fingerprint density at radius 1 is 1.27 bits per heavy atom. The maximum Gasteiger partial charge on any atom is 0.296 e. The first-order chi connectivity index (χ1) is 15.9. The van der Waals surface area contributed by atoms with Gasteiger partial charge in [0.05, 0.1) is 24.6 Å². The average Bonchev–Trinajstić information content (AvgIpc) is 3.36. The van der Waals surface area contributed by atoms with E-state index in [-0.39, 0.29) is 23.5 Å². The zero-order valence-electron chi connectivity index (χ0n) is 18.8. The fourth-order valence-corrected chi connectivity index (χ4v) is 5.99. The lowest BCUT2D eigenvalue weighted by Crippen LogP contribution is -2.42. The Hall–Kier alpha value is -2.81. The highest BCUT2D eigenvalue weighted by Gasteiger charge is 2.54. The van der Waals surface area contributed by atoms with Crippen molar-refractivity contribution in [2.75, 3.05) is 12.0 Å². The first kappa shape index (κ1) is 22.0. The molecule has 3 aliphatic rings. The zero-order valence-corrected chi connectivity index (χ0v) is 19.6. The van der Waals surface area contributed by atoms with Gasteiger partial charge in [0.25, 0.3) is 5.91 Å². The molecule has 1 fully saturated rings.